The van der Waals surface area contributed by atoms with Crippen LogP contribution in [-0.2, 0) is 13.0 Å². The van der Waals surface area contributed by atoms with Crippen molar-refractivity contribution in [3.05, 3.63) is 22.7 Å². The van der Waals surface area contributed by atoms with Gasteiger partial charge in [-0.05, 0) is 24.1 Å². The molecule has 0 aliphatic heterocycles. The molecule has 0 aliphatic carbocycles. The fourth-order valence-electron chi connectivity index (χ4n) is 0.805. The zero-order valence-corrected chi connectivity index (χ0v) is 7.10. The Labute approximate surface area is 70.6 Å². The van der Waals surface area contributed by atoms with Crippen molar-refractivity contribution in [3.8, 4) is 0 Å². The van der Waals surface area contributed by atoms with E-state index >= 15 is 0 Å². The Morgan fingerprint density at radius 1 is 1.45 bits per heavy atom. The monoisotopic (exact) mass is 171 g/mol. The highest BCUT2D eigenvalue weighted by molar-refractivity contribution is 6.28. The van der Waals surface area contributed by atoms with Gasteiger partial charge in [-0.3, -0.25) is 0 Å². The van der Waals surface area contributed by atoms with Gasteiger partial charge in [-0.2, -0.15) is 0 Å². The maximum Gasteiger partial charge on any atom is 0.222 e. The topological polar surface area (TPSA) is 51.8 Å². The first-order valence-electron chi connectivity index (χ1n) is 3.48. The lowest BCUT2D eigenvalue weighted by Crippen LogP contribution is -2.02. The highest BCUT2D eigenvalue weighted by atomic mass is 35.5. The quantitative estimate of drug-likeness (QED) is 0.680. The first-order valence-corrected chi connectivity index (χ1v) is 3.86. The Kier molecular flexibility index (Phi) is 2.79. The third kappa shape index (κ3) is 2.13. The summed E-state index contributed by atoms with van der Waals surface area (Å²) in [6, 6.07) is 1.87. The molecule has 1 aromatic rings. The maximum atomic E-state index is 5.63. The number of nitrogens with two attached hydrogens (primary N) is 1. The summed E-state index contributed by atoms with van der Waals surface area (Å²) < 4.78 is 0. The molecule has 0 atom stereocenters. The van der Waals surface area contributed by atoms with Gasteiger partial charge >= 0.3 is 0 Å². The van der Waals surface area contributed by atoms with E-state index in [1.54, 1.807) is 0 Å². The molecule has 4 heteroatoms. The summed E-state index contributed by atoms with van der Waals surface area (Å²) >= 11 is 5.63. The lowest BCUT2D eigenvalue weighted by Gasteiger charge is -1.99. The van der Waals surface area contributed by atoms with Crippen molar-refractivity contribution in [3.63, 3.8) is 0 Å². The van der Waals surface area contributed by atoms with E-state index in [0.717, 1.165) is 17.8 Å². The minimum Gasteiger partial charge on any atom is -0.325 e. The van der Waals surface area contributed by atoms with Crippen LogP contribution < -0.4 is 5.73 Å². The Morgan fingerprint density at radius 3 is 2.64 bits per heavy atom. The average Bonchev–Trinajstić information content (AvgIpc) is 2.03. The third-order valence-corrected chi connectivity index (χ3v) is 1.55. The SMILES string of the molecule is CCc1cc(CN)nc(Cl)n1. The largest absolute Gasteiger partial charge is 0.325 e. The number of hydrogen-bond donors (Lipinski definition) is 1. The molecular formula is C7H10ClN3. The summed E-state index contributed by atoms with van der Waals surface area (Å²) in [6.45, 7) is 2.42. The van der Waals surface area contributed by atoms with Crippen molar-refractivity contribution in [1.29, 1.82) is 0 Å². The second kappa shape index (κ2) is 3.64. The van der Waals surface area contributed by atoms with E-state index in [0.29, 0.717) is 6.54 Å². The molecule has 2 N–H and O–H groups in total. The molecule has 0 saturated heterocycles. The van der Waals surface area contributed by atoms with E-state index in [1.807, 2.05) is 13.0 Å². The fraction of sp³-hybridized carbons (Fsp3) is 0.429. The van der Waals surface area contributed by atoms with Crippen LogP contribution in [0.5, 0.6) is 0 Å². The summed E-state index contributed by atoms with van der Waals surface area (Å²) in [6.07, 6.45) is 0.856. The van der Waals surface area contributed by atoms with Crippen LogP contribution in [-0.4, -0.2) is 9.97 Å². The van der Waals surface area contributed by atoms with Gasteiger partial charge < -0.3 is 5.73 Å². The number of aromatic nitrogens is 2. The van der Waals surface area contributed by atoms with E-state index < -0.39 is 0 Å². The fourth-order valence-corrected chi connectivity index (χ4v) is 1.02. The molecule has 60 valence electrons. The minimum atomic E-state index is 0.282. The van der Waals surface area contributed by atoms with Crippen molar-refractivity contribution in [2.75, 3.05) is 0 Å². The second-order valence-electron chi connectivity index (χ2n) is 2.18. The Balaban J connectivity index is 3.02. The van der Waals surface area contributed by atoms with Gasteiger partial charge in [0.1, 0.15) is 0 Å². The smallest absolute Gasteiger partial charge is 0.222 e. The van der Waals surface area contributed by atoms with Crippen LogP contribution in [0, 0.1) is 0 Å². The molecule has 0 spiro atoms. The van der Waals surface area contributed by atoms with Crippen LogP contribution in [0.15, 0.2) is 6.07 Å². The van der Waals surface area contributed by atoms with Crippen molar-refractivity contribution < 1.29 is 0 Å². The van der Waals surface area contributed by atoms with Crippen LogP contribution in [0.2, 0.25) is 5.28 Å². The van der Waals surface area contributed by atoms with Crippen LogP contribution >= 0.6 is 11.6 Å². The molecule has 0 fully saturated rings. The number of hydrogen-bond acceptors (Lipinski definition) is 3. The van der Waals surface area contributed by atoms with Gasteiger partial charge in [-0.15, -0.1) is 0 Å². The molecule has 1 heterocycles. The molecule has 0 aromatic carbocycles. The molecule has 0 bridgehead atoms. The van der Waals surface area contributed by atoms with Crippen LogP contribution in [0.1, 0.15) is 18.3 Å². The van der Waals surface area contributed by atoms with E-state index in [4.69, 9.17) is 17.3 Å². The zero-order chi connectivity index (χ0) is 8.27. The molecule has 1 aromatic heterocycles. The van der Waals surface area contributed by atoms with E-state index in [9.17, 15) is 0 Å². The molecule has 0 amide bonds. The zero-order valence-electron chi connectivity index (χ0n) is 6.34. The summed E-state index contributed by atoms with van der Waals surface area (Å²) in [4.78, 5) is 7.93. The van der Waals surface area contributed by atoms with Gasteiger partial charge in [-0.25, -0.2) is 9.97 Å². The minimum absolute atomic E-state index is 0.282. The predicted molar refractivity (Wildman–Crippen MR) is 44.3 cm³/mol. The molecule has 0 unspecified atom stereocenters. The van der Waals surface area contributed by atoms with E-state index in [2.05, 4.69) is 9.97 Å². The first kappa shape index (κ1) is 8.43. The molecule has 1 rings (SSSR count). The van der Waals surface area contributed by atoms with Gasteiger partial charge in [0.05, 0.1) is 5.69 Å². The summed E-state index contributed by atoms with van der Waals surface area (Å²) in [5.74, 6) is 0. The van der Waals surface area contributed by atoms with Crippen LogP contribution in [0.4, 0.5) is 0 Å². The standard InChI is InChI=1S/C7H10ClN3/c1-2-5-3-6(4-9)11-7(8)10-5/h3H,2,4,9H2,1H3. The lowest BCUT2D eigenvalue weighted by molar-refractivity contribution is 0.918. The number of nitrogens with zero attached hydrogens (tertiary/aromatic N) is 2. The maximum absolute atomic E-state index is 5.63. The number of rotatable bonds is 2. The van der Waals surface area contributed by atoms with Crippen molar-refractivity contribution in [2.24, 2.45) is 5.73 Å². The lowest BCUT2D eigenvalue weighted by atomic mass is 10.3. The summed E-state index contributed by atoms with van der Waals surface area (Å²) in [5, 5.41) is 0.282. The highest BCUT2D eigenvalue weighted by Gasteiger charge is 1.98. The van der Waals surface area contributed by atoms with E-state index in [1.165, 1.54) is 0 Å². The van der Waals surface area contributed by atoms with Gasteiger partial charge in [0.25, 0.3) is 0 Å². The Bertz CT molecular complexity index is 227. The van der Waals surface area contributed by atoms with Crippen molar-refractivity contribution in [1.82, 2.24) is 9.97 Å². The second-order valence-corrected chi connectivity index (χ2v) is 2.52. The summed E-state index contributed by atoms with van der Waals surface area (Å²) in [5.41, 5.74) is 7.12. The Hall–Kier alpha value is -0.670. The summed E-state index contributed by atoms with van der Waals surface area (Å²) in [7, 11) is 0. The first-order chi connectivity index (χ1) is 5.26. The highest BCUT2D eigenvalue weighted by Crippen LogP contribution is 2.05. The Morgan fingerprint density at radius 2 is 2.09 bits per heavy atom. The predicted octanol–water partition coefficient (Wildman–Crippen LogP) is 1.15. The van der Waals surface area contributed by atoms with Gasteiger partial charge in [0, 0.05) is 12.2 Å². The molecular weight excluding hydrogens is 162 g/mol. The normalized spacial score (nSPS) is 10.1. The van der Waals surface area contributed by atoms with Crippen molar-refractivity contribution in [2.45, 2.75) is 19.9 Å². The molecule has 0 radical (unpaired) electrons. The van der Waals surface area contributed by atoms with Gasteiger partial charge in [0.2, 0.25) is 5.28 Å². The average molecular weight is 172 g/mol. The van der Waals surface area contributed by atoms with Gasteiger partial charge in [-0.1, -0.05) is 6.92 Å². The molecule has 0 aliphatic rings. The van der Waals surface area contributed by atoms with Crippen molar-refractivity contribution >= 4 is 11.6 Å². The number of halogens is 1. The molecule has 3 nitrogen and oxygen atoms in total. The molecule has 11 heavy (non-hydrogen) atoms. The van der Waals surface area contributed by atoms with Crippen LogP contribution in [0.25, 0.3) is 0 Å². The van der Waals surface area contributed by atoms with E-state index in [-0.39, 0.29) is 5.28 Å². The third-order valence-electron chi connectivity index (χ3n) is 1.38. The van der Waals surface area contributed by atoms with Crippen LogP contribution in [0.3, 0.4) is 0 Å². The van der Waals surface area contributed by atoms with Gasteiger partial charge in [0.15, 0.2) is 0 Å². The number of aryl methyl sites for hydroxylation is 1. The molecule has 0 saturated carbocycles.